The number of hydrogen-bond donors (Lipinski definition) is 2. The van der Waals surface area contributed by atoms with Gasteiger partial charge < -0.3 is 16.0 Å². The lowest BCUT2D eigenvalue weighted by Gasteiger charge is -2.32. The molecule has 0 saturated carbocycles. The predicted octanol–water partition coefficient (Wildman–Crippen LogP) is 2.09. The van der Waals surface area contributed by atoms with E-state index < -0.39 is 0 Å². The first-order valence-corrected chi connectivity index (χ1v) is 9.40. The van der Waals surface area contributed by atoms with Crippen molar-refractivity contribution in [1.82, 2.24) is 10.2 Å². The molecular formula is C21H27N3O2. The Kier molecular flexibility index (Phi) is 6.23. The highest BCUT2D eigenvalue weighted by atomic mass is 16.2. The number of amides is 2. The average Bonchev–Trinajstić information content (AvgIpc) is 2.70. The Labute approximate surface area is 154 Å². The van der Waals surface area contributed by atoms with E-state index in [9.17, 15) is 9.59 Å². The molecule has 1 aliphatic rings. The van der Waals surface area contributed by atoms with Crippen molar-refractivity contribution in [2.24, 2.45) is 11.7 Å². The van der Waals surface area contributed by atoms with Crippen molar-refractivity contribution in [2.75, 3.05) is 26.2 Å². The predicted molar refractivity (Wildman–Crippen MR) is 104 cm³/mol. The van der Waals surface area contributed by atoms with Crippen LogP contribution in [0, 0.1) is 5.92 Å². The van der Waals surface area contributed by atoms with Crippen molar-refractivity contribution in [3.63, 3.8) is 0 Å². The summed E-state index contributed by atoms with van der Waals surface area (Å²) in [6, 6.07) is 14.6. The second kappa shape index (κ2) is 8.81. The first kappa shape index (κ1) is 18.4. The van der Waals surface area contributed by atoms with Gasteiger partial charge in [-0.25, -0.2) is 0 Å². The zero-order chi connectivity index (χ0) is 18.4. The maximum atomic E-state index is 12.6. The molecule has 0 spiro atoms. The van der Waals surface area contributed by atoms with E-state index in [0.29, 0.717) is 26.1 Å². The lowest BCUT2D eigenvalue weighted by Crippen LogP contribution is -2.46. The molecule has 0 bridgehead atoms. The van der Waals surface area contributed by atoms with Crippen LogP contribution < -0.4 is 11.1 Å². The first-order chi connectivity index (χ1) is 12.7. The number of nitrogens with zero attached hydrogens (tertiary/aromatic N) is 1. The van der Waals surface area contributed by atoms with E-state index >= 15 is 0 Å². The third-order valence-electron chi connectivity index (χ3n) is 5.03. The molecule has 138 valence electrons. The number of carbonyl (C=O) groups is 2. The minimum Gasteiger partial charge on any atom is -0.355 e. The highest BCUT2D eigenvalue weighted by molar-refractivity contribution is 5.84. The number of hydrogen-bond acceptors (Lipinski definition) is 3. The van der Waals surface area contributed by atoms with Crippen LogP contribution in [0.2, 0.25) is 0 Å². The van der Waals surface area contributed by atoms with Crippen molar-refractivity contribution in [3.8, 4) is 0 Å². The summed E-state index contributed by atoms with van der Waals surface area (Å²) < 4.78 is 0. The fourth-order valence-electron chi connectivity index (χ4n) is 3.56. The second-order valence-corrected chi connectivity index (χ2v) is 6.94. The largest absolute Gasteiger partial charge is 0.355 e. The summed E-state index contributed by atoms with van der Waals surface area (Å²) in [6.07, 6.45) is 2.92. The normalized spacial score (nSPS) is 17.3. The van der Waals surface area contributed by atoms with Gasteiger partial charge in [-0.15, -0.1) is 0 Å². The van der Waals surface area contributed by atoms with Crippen LogP contribution in [0.4, 0.5) is 0 Å². The molecule has 26 heavy (non-hydrogen) atoms. The molecular weight excluding hydrogens is 326 g/mol. The van der Waals surface area contributed by atoms with Gasteiger partial charge in [0.15, 0.2) is 0 Å². The van der Waals surface area contributed by atoms with Crippen molar-refractivity contribution in [1.29, 1.82) is 0 Å². The molecule has 1 saturated heterocycles. The molecule has 5 nitrogen and oxygen atoms in total. The number of likely N-dealkylation sites (tertiary alicyclic amines) is 1. The van der Waals surface area contributed by atoms with Gasteiger partial charge in [-0.2, -0.15) is 0 Å². The Balaban J connectivity index is 1.54. The fraction of sp³-hybridized carbons (Fsp3) is 0.429. The molecule has 1 aliphatic heterocycles. The van der Waals surface area contributed by atoms with Gasteiger partial charge in [0.1, 0.15) is 0 Å². The monoisotopic (exact) mass is 353 g/mol. The summed E-state index contributed by atoms with van der Waals surface area (Å²) in [6.45, 7) is 2.20. The summed E-state index contributed by atoms with van der Waals surface area (Å²) in [5, 5.41) is 5.25. The van der Waals surface area contributed by atoms with Crippen LogP contribution in [0.25, 0.3) is 10.8 Å². The van der Waals surface area contributed by atoms with E-state index in [2.05, 4.69) is 35.6 Å². The Bertz CT molecular complexity index is 775. The van der Waals surface area contributed by atoms with Crippen LogP contribution in [0.3, 0.4) is 0 Å². The number of nitrogens with two attached hydrogens (primary N) is 1. The summed E-state index contributed by atoms with van der Waals surface area (Å²) >= 11 is 0. The highest BCUT2D eigenvalue weighted by Gasteiger charge is 2.27. The standard InChI is InChI=1S/C21H27N3O2/c22-11-12-23-21(26)19-6-3-13-24(15-19)20(25)10-8-16-7-9-17-4-1-2-5-18(17)14-16/h1-2,4-5,7,9,14,19H,3,6,8,10-13,15,22H2,(H,23,26). The van der Waals surface area contributed by atoms with Crippen LogP contribution in [0.1, 0.15) is 24.8 Å². The SMILES string of the molecule is NCCNC(=O)C1CCCN(C(=O)CCc2ccc3ccccc3c2)C1. The fourth-order valence-corrected chi connectivity index (χ4v) is 3.56. The molecule has 5 heteroatoms. The molecule has 1 atom stereocenters. The minimum absolute atomic E-state index is 0.0162. The molecule has 2 aromatic carbocycles. The number of carbonyl (C=O) groups excluding carboxylic acids is 2. The third-order valence-corrected chi connectivity index (χ3v) is 5.03. The molecule has 1 fully saturated rings. The van der Waals surface area contributed by atoms with Crippen LogP contribution in [0.5, 0.6) is 0 Å². The van der Waals surface area contributed by atoms with Gasteiger partial charge in [0.25, 0.3) is 0 Å². The van der Waals surface area contributed by atoms with Gasteiger partial charge in [-0.05, 0) is 35.6 Å². The molecule has 1 unspecified atom stereocenters. The molecule has 3 rings (SSSR count). The maximum absolute atomic E-state index is 12.6. The van der Waals surface area contributed by atoms with Gasteiger partial charge in [-0.1, -0.05) is 42.5 Å². The van der Waals surface area contributed by atoms with Crippen LogP contribution in [-0.4, -0.2) is 42.9 Å². The lowest BCUT2D eigenvalue weighted by atomic mass is 9.96. The quantitative estimate of drug-likeness (QED) is 0.835. The van der Waals surface area contributed by atoms with E-state index in [-0.39, 0.29) is 17.7 Å². The second-order valence-electron chi connectivity index (χ2n) is 6.94. The van der Waals surface area contributed by atoms with Crippen LogP contribution in [0.15, 0.2) is 42.5 Å². The van der Waals surface area contributed by atoms with E-state index in [0.717, 1.165) is 25.8 Å². The Hall–Kier alpha value is -2.40. The molecule has 1 heterocycles. The summed E-state index contributed by atoms with van der Waals surface area (Å²) in [4.78, 5) is 26.6. The summed E-state index contributed by atoms with van der Waals surface area (Å²) in [5.74, 6) is 0.0388. The van der Waals surface area contributed by atoms with Gasteiger partial charge in [0, 0.05) is 32.6 Å². The number of rotatable bonds is 6. The van der Waals surface area contributed by atoms with Crippen molar-refractivity contribution >= 4 is 22.6 Å². The summed E-state index contributed by atoms with van der Waals surface area (Å²) in [5.41, 5.74) is 6.60. The number of aryl methyl sites for hydroxylation is 1. The number of benzene rings is 2. The molecule has 2 amide bonds. The van der Waals surface area contributed by atoms with Gasteiger partial charge in [0.05, 0.1) is 5.92 Å². The van der Waals surface area contributed by atoms with E-state index in [1.807, 2.05) is 17.0 Å². The summed E-state index contributed by atoms with van der Waals surface area (Å²) in [7, 11) is 0. The maximum Gasteiger partial charge on any atom is 0.224 e. The molecule has 0 aliphatic carbocycles. The average molecular weight is 353 g/mol. The number of fused-ring (bicyclic) bond motifs is 1. The Morgan fingerprint density at radius 3 is 2.77 bits per heavy atom. The molecule has 2 aromatic rings. The van der Waals surface area contributed by atoms with E-state index in [1.54, 1.807) is 0 Å². The van der Waals surface area contributed by atoms with Crippen LogP contribution in [-0.2, 0) is 16.0 Å². The van der Waals surface area contributed by atoms with E-state index in [1.165, 1.54) is 16.3 Å². The number of nitrogens with one attached hydrogen (secondary N) is 1. The van der Waals surface area contributed by atoms with Crippen LogP contribution >= 0.6 is 0 Å². The molecule has 0 aromatic heterocycles. The van der Waals surface area contributed by atoms with Crippen molar-refractivity contribution in [2.45, 2.75) is 25.7 Å². The molecule has 0 radical (unpaired) electrons. The first-order valence-electron chi connectivity index (χ1n) is 9.40. The lowest BCUT2D eigenvalue weighted by molar-refractivity contribution is -0.135. The van der Waals surface area contributed by atoms with E-state index in [4.69, 9.17) is 5.73 Å². The van der Waals surface area contributed by atoms with Gasteiger partial charge >= 0.3 is 0 Å². The zero-order valence-electron chi connectivity index (χ0n) is 15.1. The smallest absolute Gasteiger partial charge is 0.224 e. The van der Waals surface area contributed by atoms with Crippen molar-refractivity contribution < 1.29 is 9.59 Å². The Morgan fingerprint density at radius 2 is 1.96 bits per heavy atom. The van der Waals surface area contributed by atoms with Crippen molar-refractivity contribution in [3.05, 3.63) is 48.0 Å². The minimum atomic E-state index is -0.111. The topological polar surface area (TPSA) is 75.4 Å². The third kappa shape index (κ3) is 4.61. The highest BCUT2D eigenvalue weighted by Crippen LogP contribution is 2.19. The zero-order valence-corrected chi connectivity index (χ0v) is 15.1. The van der Waals surface area contributed by atoms with Gasteiger partial charge in [0.2, 0.25) is 11.8 Å². The van der Waals surface area contributed by atoms with Gasteiger partial charge in [-0.3, -0.25) is 9.59 Å². The molecule has 3 N–H and O–H groups in total. The Morgan fingerprint density at radius 1 is 1.15 bits per heavy atom. The number of piperidine rings is 1.